The summed E-state index contributed by atoms with van der Waals surface area (Å²) in [6, 6.07) is 10.3. The second-order valence-corrected chi connectivity index (χ2v) is 9.18. The molecule has 0 aromatic heterocycles. The molecule has 1 heterocycles. The third-order valence-electron chi connectivity index (χ3n) is 5.17. The molecule has 2 aromatic carbocycles. The Kier molecular flexibility index (Phi) is 6.81. The molecule has 1 fully saturated rings. The lowest BCUT2D eigenvalue weighted by Crippen LogP contribution is -2.41. The molecule has 1 atom stereocenters. The number of ketones is 1. The van der Waals surface area contributed by atoms with Gasteiger partial charge in [0.05, 0.1) is 15.4 Å². The number of piperidine rings is 1. The fourth-order valence-electron chi connectivity index (χ4n) is 3.39. The van der Waals surface area contributed by atoms with Crippen LogP contribution in [-0.4, -0.2) is 48.6 Å². The number of carbonyl (C=O) groups excluding carboxylic acids is 2. The van der Waals surface area contributed by atoms with Gasteiger partial charge in [0, 0.05) is 30.3 Å². The molecule has 1 aliphatic rings. The summed E-state index contributed by atoms with van der Waals surface area (Å²) in [5, 5.41) is 10.7. The summed E-state index contributed by atoms with van der Waals surface area (Å²) >= 11 is 0. The molecular formula is C21H22N2O7S. The fraction of sp³-hybridized carbons (Fsp3) is 0.333. The average Bonchev–Trinajstić information content (AvgIpc) is 2.77. The van der Waals surface area contributed by atoms with Gasteiger partial charge < -0.3 is 4.74 Å². The molecule has 10 heteroatoms. The van der Waals surface area contributed by atoms with Gasteiger partial charge in [-0.25, -0.2) is 13.2 Å². The monoisotopic (exact) mass is 446 g/mol. The zero-order chi connectivity index (χ0) is 22.6. The number of nitro groups is 1. The Bertz CT molecular complexity index is 1080. The van der Waals surface area contributed by atoms with Gasteiger partial charge in [-0.3, -0.25) is 14.9 Å². The summed E-state index contributed by atoms with van der Waals surface area (Å²) in [6.07, 6.45) is 2.62. The summed E-state index contributed by atoms with van der Waals surface area (Å²) in [4.78, 5) is 34.5. The van der Waals surface area contributed by atoms with Crippen molar-refractivity contribution >= 4 is 27.5 Å². The molecule has 3 rings (SSSR count). The van der Waals surface area contributed by atoms with E-state index in [-0.39, 0.29) is 27.8 Å². The normalized spacial score (nSPS) is 17.1. The Labute approximate surface area is 179 Å². The summed E-state index contributed by atoms with van der Waals surface area (Å²) < 4.78 is 32.2. The molecule has 2 aromatic rings. The molecule has 0 unspecified atom stereocenters. The van der Waals surface area contributed by atoms with Crippen molar-refractivity contribution in [3.05, 3.63) is 69.8 Å². The Morgan fingerprint density at radius 2 is 1.68 bits per heavy atom. The van der Waals surface area contributed by atoms with Crippen LogP contribution in [0.3, 0.4) is 0 Å². The molecule has 164 valence electrons. The number of carbonyl (C=O) groups is 2. The van der Waals surface area contributed by atoms with Gasteiger partial charge in [0.15, 0.2) is 12.4 Å². The fourth-order valence-corrected chi connectivity index (χ4v) is 5.09. The van der Waals surface area contributed by atoms with Crippen LogP contribution in [-0.2, 0) is 14.8 Å². The number of Topliss-reactive ketones (excluding diaryl/α,β-unsaturated/α-hetero) is 1. The molecule has 0 amide bonds. The van der Waals surface area contributed by atoms with Gasteiger partial charge in [0.1, 0.15) is 0 Å². The minimum absolute atomic E-state index is 0.0752. The zero-order valence-corrected chi connectivity index (χ0v) is 17.7. The lowest BCUT2D eigenvalue weighted by Gasteiger charge is -2.32. The van der Waals surface area contributed by atoms with Crippen LogP contribution in [0.25, 0.3) is 0 Å². The highest BCUT2D eigenvalue weighted by Crippen LogP contribution is 2.25. The van der Waals surface area contributed by atoms with Crippen LogP contribution in [0.1, 0.15) is 46.9 Å². The Balaban J connectivity index is 1.62. The molecule has 1 aliphatic heterocycles. The molecule has 31 heavy (non-hydrogen) atoms. The molecule has 1 saturated heterocycles. The second-order valence-electron chi connectivity index (χ2n) is 7.29. The predicted octanol–water partition coefficient (Wildman–Crippen LogP) is 3.20. The Hall–Kier alpha value is -3.11. The number of sulfonamides is 1. The van der Waals surface area contributed by atoms with Crippen LogP contribution in [0.4, 0.5) is 5.69 Å². The molecule has 0 spiro atoms. The van der Waals surface area contributed by atoms with Gasteiger partial charge in [-0.1, -0.05) is 6.42 Å². The number of esters is 1. The number of hydrogen-bond acceptors (Lipinski definition) is 7. The number of hydrogen-bond donors (Lipinski definition) is 0. The Morgan fingerprint density at radius 1 is 1.06 bits per heavy atom. The van der Waals surface area contributed by atoms with Gasteiger partial charge in [-0.15, -0.1) is 0 Å². The molecule has 0 N–H and O–H groups in total. The Morgan fingerprint density at radius 3 is 2.26 bits per heavy atom. The number of nitrogens with zero attached hydrogens (tertiary/aromatic N) is 2. The number of non-ortho nitro benzene ring substituents is 1. The minimum Gasteiger partial charge on any atom is -0.454 e. The summed E-state index contributed by atoms with van der Waals surface area (Å²) in [7, 11) is -3.65. The highest BCUT2D eigenvalue weighted by molar-refractivity contribution is 7.89. The number of ether oxygens (including phenoxy) is 1. The summed E-state index contributed by atoms with van der Waals surface area (Å²) in [5.74, 6) is -1.29. The van der Waals surface area contributed by atoms with E-state index in [9.17, 15) is 28.1 Å². The van der Waals surface area contributed by atoms with Crippen molar-refractivity contribution in [2.45, 2.75) is 37.1 Å². The van der Waals surface area contributed by atoms with Gasteiger partial charge >= 0.3 is 5.97 Å². The van der Waals surface area contributed by atoms with Crippen LogP contribution in [0, 0.1) is 10.1 Å². The van der Waals surface area contributed by atoms with E-state index in [1.165, 1.54) is 52.8 Å². The maximum Gasteiger partial charge on any atom is 0.338 e. The van der Waals surface area contributed by atoms with Crippen molar-refractivity contribution in [2.24, 2.45) is 0 Å². The number of rotatable bonds is 7. The van der Waals surface area contributed by atoms with Crippen LogP contribution >= 0.6 is 0 Å². The molecule has 0 saturated carbocycles. The van der Waals surface area contributed by atoms with Crippen LogP contribution < -0.4 is 0 Å². The first-order valence-corrected chi connectivity index (χ1v) is 11.2. The van der Waals surface area contributed by atoms with Crippen LogP contribution in [0.15, 0.2) is 53.4 Å². The van der Waals surface area contributed by atoms with Gasteiger partial charge in [-0.2, -0.15) is 4.31 Å². The van der Waals surface area contributed by atoms with Gasteiger partial charge in [0.25, 0.3) is 5.69 Å². The van der Waals surface area contributed by atoms with Crippen LogP contribution in [0.2, 0.25) is 0 Å². The van der Waals surface area contributed by atoms with Crippen LogP contribution in [0.5, 0.6) is 0 Å². The van der Waals surface area contributed by atoms with E-state index < -0.39 is 33.3 Å². The van der Waals surface area contributed by atoms with E-state index in [0.29, 0.717) is 6.54 Å². The third kappa shape index (κ3) is 5.15. The maximum atomic E-state index is 12.8. The maximum absolute atomic E-state index is 12.8. The van der Waals surface area contributed by atoms with Crippen molar-refractivity contribution in [2.75, 3.05) is 13.2 Å². The highest BCUT2D eigenvalue weighted by atomic mass is 32.2. The van der Waals surface area contributed by atoms with E-state index in [4.69, 9.17) is 4.74 Å². The summed E-state index contributed by atoms with van der Waals surface area (Å²) in [6.45, 7) is 1.81. The topological polar surface area (TPSA) is 124 Å². The van der Waals surface area contributed by atoms with Gasteiger partial charge in [-0.05, 0) is 56.2 Å². The lowest BCUT2D eigenvalue weighted by atomic mass is 10.1. The number of benzene rings is 2. The van der Waals surface area contributed by atoms with Crippen molar-refractivity contribution in [1.29, 1.82) is 0 Å². The van der Waals surface area contributed by atoms with Crippen molar-refractivity contribution < 1.29 is 27.7 Å². The zero-order valence-electron chi connectivity index (χ0n) is 16.9. The van der Waals surface area contributed by atoms with Gasteiger partial charge in [0.2, 0.25) is 10.0 Å². The quantitative estimate of drug-likeness (QED) is 0.277. The standard InChI is InChI=1S/C21H22N2O7S/c1-15-4-2-3-13-22(15)31(28,29)19-11-7-17(8-12-19)21(25)30-14-20(24)16-5-9-18(10-6-16)23(26)27/h5-12,15H,2-4,13-14H2,1H3/t15-/m0/s1. The van der Waals surface area contributed by atoms with E-state index in [1.807, 2.05) is 6.92 Å². The van der Waals surface area contributed by atoms with E-state index in [2.05, 4.69) is 0 Å². The second kappa shape index (κ2) is 9.36. The SMILES string of the molecule is C[C@H]1CCCCN1S(=O)(=O)c1ccc(C(=O)OCC(=O)c2ccc([N+](=O)[O-])cc2)cc1. The molecule has 0 bridgehead atoms. The minimum atomic E-state index is -3.65. The summed E-state index contributed by atoms with van der Waals surface area (Å²) in [5.41, 5.74) is 0.139. The van der Waals surface area contributed by atoms with Crippen molar-refractivity contribution in [1.82, 2.24) is 4.31 Å². The predicted molar refractivity (Wildman–Crippen MR) is 111 cm³/mol. The van der Waals surface area contributed by atoms with E-state index in [1.54, 1.807) is 0 Å². The van der Waals surface area contributed by atoms with E-state index in [0.717, 1.165) is 19.3 Å². The number of nitro benzene ring substituents is 1. The third-order valence-corrected chi connectivity index (χ3v) is 7.20. The molecule has 0 aliphatic carbocycles. The molecular weight excluding hydrogens is 424 g/mol. The first-order chi connectivity index (χ1) is 14.7. The molecule has 0 radical (unpaired) electrons. The van der Waals surface area contributed by atoms with Crippen molar-refractivity contribution in [3.8, 4) is 0 Å². The van der Waals surface area contributed by atoms with E-state index >= 15 is 0 Å². The van der Waals surface area contributed by atoms with Crippen molar-refractivity contribution in [3.63, 3.8) is 0 Å². The molecule has 9 nitrogen and oxygen atoms in total. The average molecular weight is 446 g/mol. The smallest absolute Gasteiger partial charge is 0.338 e. The first-order valence-electron chi connectivity index (χ1n) is 9.77. The first kappa shape index (κ1) is 22.6. The highest BCUT2D eigenvalue weighted by Gasteiger charge is 2.31. The lowest BCUT2D eigenvalue weighted by molar-refractivity contribution is -0.384. The largest absolute Gasteiger partial charge is 0.454 e.